The van der Waals surface area contributed by atoms with Crippen LogP contribution in [0, 0.1) is 0 Å². The Morgan fingerprint density at radius 1 is 1.07 bits per heavy atom. The maximum atomic E-state index is 12.2. The molecule has 0 radical (unpaired) electrons. The van der Waals surface area contributed by atoms with Crippen LogP contribution in [-0.2, 0) is 19.7 Å². The number of halogens is 1. The first kappa shape index (κ1) is 20.8. The largest absolute Gasteiger partial charge is 0.491 e. The van der Waals surface area contributed by atoms with Crippen LogP contribution >= 0.6 is 15.9 Å². The first-order chi connectivity index (χ1) is 13.7. The fraction of sp³-hybridized carbons (Fsp3) is 0.409. The van der Waals surface area contributed by atoms with Gasteiger partial charge in [-0.25, -0.2) is 0 Å². The highest BCUT2D eigenvalue weighted by Crippen LogP contribution is 2.35. The number of ether oxygens (including phenoxy) is 3. The molecule has 1 aliphatic rings. The highest BCUT2D eigenvalue weighted by molar-refractivity contribution is 9.10. The molecule has 0 aromatic heterocycles. The van der Waals surface area contributed by atoms with Gasteiger partial charge in [-0.2, -0.15) is 0 Å². The van der Waals surface area contributed by atoms with Crippen molar-refractivity contribution in [2.75, 3.05) is 39.6 Å². The van der Waals surface area contributed by atoms with E-state index >= 15 is 0 Å². The van der Waals surface area contributed by atoms with Crippen molar-refractivity contribution >= 4 is 21.8 Å². The van der Waals surface area contributed by atoms with Crippen molar-refractivity contribution in [2.24, 2.45) is 0 Å². The van der Waals surface area contributed by atoms with Gasteiger partial charge >= 0.3 is 0 Å². The van der Waals surface area contributed by atoms with Crippen molar-refractivity contribution in [2.45, 2.75) is 18.3 Å². The second kappa shape index (κ2) is 10.6. The molecular formula is C22H26BrNO4. The van der Waals surface area contributed by atoms with E-state index in [0.29, 0.717) is 33.0 Å². The standard InChI is InChI=1S/C22H26BrNO4/c23-19-6-4-5-18(15-19)22(9-11-26-12-10-22)17-24-21(25)16-27-13-14-28-20-7-2-1-3-8-20/h1-8,15H,9-14,16-17H2,(H,24,25). The van der Waals surface area contributed by atoms with Crippen LogP contribution < -0.4 is 10.1 Å². The molecule has 1 N–H and O–H groups in total. The number of hydrogen-bond donors (Lipinski definition) is 1. The van der Waals surface area contributed by atoms with Crippen LogP contribution in [0.2, 0.25) is 0 Å². The third-order valence-corrected chi connectivity index (χ3v) is 5.48. The van der Waals surface area contributed by atoms with Crippen LogP contribution in [0.3, 0.4) is 0 Å². The highest BCUT2D eigenvalue weighted by Gasteiger charge is 2.34. The van der Waals surface area contributed by atoms with E-state index in [1.807, 2.05) is 42.5 Å². The molecule has 2 aromatic rings. The van der Waals surface area contributed by atoms with Gasteiger partial charge in [0.05, 0.1) is 6.61 Å². The SMILES string of the molecule is O=C(COCCOc1ccccc1)NCC1(c2cccc(Br)c2)CCOCC1. The summed E-state index contributed by atoms with van der Waals surface area (Å²) < 4.78 is 17.6. The molecule has 150 valence electrons. The van der Waals surface area contributed by atoms with Gasteiger partial charge in [-0.1, -0.05) is 46.3 Å². The molecule has 0 aliphatic carbocycles. The number of rotatable bonds is 9. The summed E-state index contributed by atoms with van der Waals surface area (Å²) in [4.78, 5) is 12.2. The van der Waals surface area contributed by atoms with Gasteiger partial charge in [-0.15, -0.1) is 0 Å². The van der Waals surface area contributed by atoms with Crippen molar-refractivity contribution in [3.05, 3.63) is 64.6 Å². The fourth-order valence-corrected chi connectivity index (χ4v) is 3.77. The van der Waals surface area contributed by atoms with E-state index in [4.69, 9.17) is 14.2 Å². The summed E-state index contributed by atoms with van der Waals surface area (Å²) in [6.45, 7) is 2.80. The van der Waals surface area contributed by atoms with E-state index < -0.39 is 0 Å². The van der Waals surface area contributed by atoms with Gasteiger partial charge in [0, 0.05) is 29.6 Å². The van der Waals surface area contributed by atoms with E-state index in [2.05, 4.69) is 33.4 Å². The normalized spacial score (nSPS) is 15.8. The Bertz CT molecular complexity index is 747. The van der Waals surface area contributed by atoms with Gasteiger partial charge in [-0.05, 0) is 42.7 Å². The molecule has 0 bridgehead atoms. The van der Waals surface area contributed by atoms with Gasteiger partial charge in [0.15, 0.2) is 0 Å². The van der Waals surface area contributed by atoms with Crippen LogP contribution in [0.4, 0.5) is 0 Å². The molecule has 1 heterocycles. The molecule has 1 fully saturated rings. The Morgan fingerprint density at radius 2 is 1.86 bits per heavy atom. The number of carbonyl (C=O) groups excluding carboxylic acids is 1. The van der Waals surface area contributed by atoms with Crippen molar-refractivity contribution in [3.8, 4) is 5.75 Å². The molecule has 0 saturated carbocycles. The third-order valence-electron chi connectivity index (χ3n) is 4.98. The summed E-state index contributed by atoms with van der Waals surface area (Å²) >= 11 is 3.55. The molecule has 6 heteroatoms. The predicted molar refractivity (Wildman–Crippen MR) is 112 cm³/mol. The quantitative estimate of drug-likeness (QED) is 0.595. The third kappa shape index (κ3) is 6.06. The van der Waals surface area contributed by atoms with Crippen molar-refractivity contribution in [1.82, 2.24) is 5.32 Å². The molecule has 2 aromatic carbocycles. The Kier molecular flexibility index (Phi) is 7.89. The van der Waals surface area contributed by atoms with Gasteiger partial charge in [-0.3, -0.25) is 4.79 Å². The zero-order chi connectivity index (χ0) is 19.7. The minimum Gasteiger partial charge on any atom is -0.491 e. The van der Waals surface area contributed by atoms with E-state index in [1.54, 1.807) is 0 Å². The first-order valence-electron chi connectivity index (χ1n) is 9.54. The number of amides is 1. The fourth-order valence-electron chi connectivity index (χ4n) is 3.37. The van der Waals surface area contributed by atoms with E-state index in [0.717, 1.165) is 23.1 Å². The van der Waals surface area contributed by atoms with Gasteiger partial charge in [0.1, 0.15) is 19.0 Å². The average molecular weight is 448 g/mol. The molecule has 0 unspecified atom stereocenters. The summed E-state index contributed by atoms with van der Waals surface area (Å²) in [5.41, 5.74) is 1.12. The molecule has 3 rings (SSSR count). The molecule has 0 atom stereocenters. The average Bonchev–Trinajstić information content (AvgIpc) is 2.73. The maximum absolute atomic E-state index is 12.2. The van der Waals surface area contributed by atoms with Crippen molar-refractivity contribution in [1.29, 1.82) is 0 Å². The Morgan fingerprint density at radius 3 is 2.61 bits per heavy atom. The van der Waals surface area contributed by atoms with Crippen LogP contribution in [-0.4, -0.2) is 45.5 Å². The lowest BCUT2D eigenvalue weighted by Gasteiger charge is -2.38. The van der Waals surface area contributed by atoms with Gasteiger partial charge in [0.2, 0.25) is 5.91 Å². The molecule has 28 heavy (non-hydrogen) atoms. The molecule has 1 saturated heterocycles. The number of nitrogens with one attached hydrogen (secondary N) is 1. The van der Waals surface area contributed by atoms with Crippen LogP contribution in [0.1, 0.15) is 18.4 Å². The number of para-hydroxylation sites is 1. The van der Waals surface area contributed by atoms with Crippen LogP contribution in [0.15, 0.2) is 59.1 Å². The summed E-state index contributed by atoms with van der Waals surface area (Å²) in [5.74, 6) is 0.687. The Labute approximate surface area is 174 Å². The Hall–Kier alpha value is -1.89. The van der Waals surface area contributed by atoms with Crippen molar-refractivity contribution < 1.29 is 19.0 Å². The molecule has 5 nitrogen and oxygen atoms in total. The molecule has 1 aliphatic heterocycles. The summed E-state index contributed by atoms with van der Waals surface area (Å²) in [7, 11) is 0. The van der Waals surface area contributed by atoms with E-state index in [-0.39, 0.29) is 17.9 Å². The molecular weight excluding hydrogens is 422 g/mol. The predicted octanol–water partition coefficient (Wildman–Crippen LogP) is 3.71. The second-order valence-electron chi connectivity index (χ2n) is 6.89. The molecule has 0 spiro atoms. The lowest BCUT2D eigenvalue weighted by atomic mass is 9.74. The van der Waals surface area contributed by atoms with Gasteiger partial charge in [0.25, 0.3) is 0 Å². The van der Waals surface area contributed by atoms with Crippen LogP contribution in [0.5, 0.6) is 5.75 Å². The topological polar surface area (TPSA) is 56.8 Å². The maximum Gasteiger partial charge on any atom is 0.246 e. The number of hydrogen-bond acceptors (Lipinski definition) is 4. The van der Waals surface area contributed by atoms with Gasteiger partial charge < -0.3 is 19.5 Å². The number of carbonyl (C=O) groups is 1. The Balaban J connectivity index is 1.43. The molecule has 1 amide bonds. The number of benzene rings is 2. The monoisotopic (exact) mass is 447 g/mol. The highest BCUT2D eigenvalue weighted by atomic mass is 79.9. The van der Waals surface area contributed by atoms with E-state index in [1.165, 1.54) is 5.56 Å². The van der Waals surface area contributed by atoms with Crippen molar-refractivity contribution in [3.63, 3.8) is 0 Å². The van der Waals surface area contributed by atoms with Crippen LogP contribution in [0.25, 0.3) is 0 Å². The zero-order valence-corrected chi connectivity index (χ0v) is 17.4. The van der Waals surface area contributed by atoms with E-state index in [9.17, 15) is 4.79 Å². The summed E-state index contributed by atoms with van der Waals surface area (Å²) in [6.07, 6.45) is 1.77. The lowest BCUT2D eigenvalue weighted by Crippen LogP contribution is -2.45. The minimum atomic E-state index is -0.111. The second-order valence-corrected chi connectivity index (χ2v) is 7.81. The summed E-state index contributed by atoms with van der Waals surface area (Å²) in [6, 6.07) is 17.9. The lowest BCUT2D eigenvalue weighted by molar-refractivity contribution is -0.126. The smallest absolute Gasteiger partial charge is 0.246 e. The zero-order valence-electron chi connectivity index (χ0n) is 15.9. The first-order valence-corrected chi connectivity index (χ1v) is 10.3. The summed E-state index contributed by atoms with van der Waals surface area (Å²) in [5, 5.41) is 3.04. The minimum absolute atomic E-state index is 0.0310.